The van der Waals surface area contributed by atoms with Crippen LogP contribution in [-0.2, 0) is 4.79 Å². The van der Waals surface area contributed by atoms with Gasteiger partial charge in [-0.05, 0) is 25.3 Å². The molecule has 2 rings (SSSR count). The van der Waals surface area contributed by atoms with Gasteiger partial charge in [-0.1, -0.05) is 0 Å². The van der Waals surface area contributed by atoms with Crippen LogP contribution in [0.5, 0.6) is 0 Å². The van der Waals surface area contributed by atoms with Crippen molar-refractivity contribution in [1.82, 2.24) is 9.97 Å². The summed E-state index contributed by atoms with van der Waals surface area (Å²) in [5.41, 5.74) is -0.832. The second-order valence-electron chi connectivity index (χ2n) is 3.44. The average molecular weight is 193 g/mol. The minimum atomic E-state index is -0.832. The minimum absolute atomic E-state index is 0.384. The van der Waals surface area contributed by atoms with E-state index in [1.54, 1.807) is 18.5 Å². The molecule has 74 valence electrons. The molecule has 0 amide bonds. The highest BCUT2D eigenvalue weighted by atomic mass is 16.4. The zero-order valence-electron chi connectivity index (χ0n) is 7.60. The largest absolute Gasteiger partial charge is 0.480 e. The number of carboxylic acids is 1. The lowest BCUT2D eigenvalue weighted by Crippen LogP contribution is -2.52. The van der Waals surface area contributed by atoms with Crippen LogP contribution in [0.25, 0.3) is 0 Å². The normalized spacial score (nSPS) is 18.3. The third kappa shape index (κ3) is 1.41. The van der Waals surface area contributed by atoms with Crippen LogP contribution in [0.15, 0.2) is 18.5 Å². The predicted octanol–water partition coefficient (Wildman–Crippen LogP) is 0.896. The summed E-state index contributed by atoms with van der Waals surface area (Å²) < 4.78 is 0. The first-order valence-corrected chi connectivity index (χ1v) is 4.52. The first kappa shape index (κ1) is 8.93. The third-order valence-corrected chi connectivity index (χ3v) is 2.53. The lowest BCUT2D eigenvalue weighted by atomic mass is 9.77. The maximum absolute atomic E-state index is 11.0. The molecule has 0 unspecified atom stereocenters. The van der Waals surface area contributed by atoms with Gasteiger partial charge in [0, 0.05) is 12.4 Å². The Morgan fingerprint density at radius 2 is 2.07 bits per heavy atom. The molecule has 1 aromatic heterocycles. The van der Waals surface area contributed by atoms with Crippen molar-refractivity contribution in [3.8, 4) is 0 Å². The molecule has 1 heterocycles. The maximum Gasteiger partial charge on any atom is 0.329 e. The Labute approximate surface area is 81.2 Å². The Balaban J connectivity index is 2.13. The van der Waals surface area contributed by atoms with Crippen molar-refractivity contribution in [2.75, 3.05) is 5.32 Å². The number of nitrogens with zero attached hydrogens (tertiary/aromatic N) is 2. The van der Waals surface area contributed by atoms with E-state index < -0.39 is 11.5 Å². The average Bonchev–Trinajstić information content (AvgIpc) is 2.12. The molecule has 0 radical (unpaired) electrons. The van der Waals surface area contributed by atoms with Gasteiger partial charge in [0.25, 0.3) is 0 Å². The van der Waals surface area contributed by atoms with Crippen LogP contribution < -0.4 is 5.32 Å². The van der Waals surface area contributed by atoms with Crippen LogP contribution in [0.2, 0.25) is 0 Å². The number of rotatable bonds is 3. The zero-order valence-corrected chi connectivity index (χ0v) is 7.60. The van der Waals surface area contributed by atoms with Gasteiger partial charge >= 0.3 is 5.97 Å². The van der Waals surface area contributed by atoms with Crippen molar-refractivity contribution >= 4 is 11.9 Å². The van der Waals surface area contributed by atoms with Crippen LogP contribution in [0.1, 0.15) is 19.3 Å². The minimum Gasteiger partial charge on any atom is -0.480 e. The summed E-state index contributed by atoms with van der Waals surface area (Å²) in [6.07, 6.45) is 5.39. The number of carbonyl (C=O) groups is 1. The van der Waals surface area contributed by atoms with E-state index in [0.717, 1.165) is 6.42 Å². The summed E-state index contributed by atoms with van der Waals surface area (Å²) in [5.74, 6) is -0.439. The van der Waals surface area contributed by atoms with Crippen molar-refractivity contribution in [1.29, 1.82) is 0 Å². The third-order valence-electron chi connectivity index (χ3n) is 2.53. The van der Waals surface area contributed by atoms with Crippen molar-refractivity contribution < 1.29 is 9.90 Å². The van der Waals surface area contributed by atoms with Crippen LogP contribution in [0, 0.1) is 0 Å². The molecule has 14 heavy (non-hydrogen) atoms. The fraction of sp³-hybridized carbons (Fsp3) is 0.444. The Hall–Kier alpha value is -1.65. The van der Waals surface area contributed by atoms with Gasteiger partial charge in [-0.15, -0.1) is 0 Å². The Bertz CT molecular complexity index is 335. The van der Waals surface area contributed by atoms with E-state index in [4.69, 9.17) is 5.11 Å². The lowest BCUT2D eigenvalue weighted by Gasteiger charge is -2.38. The number of hydrogen-bond donors (Lipinski definition) is 2. The van der Waals surface area contributed by atoms with Gasteiger partial charge in [0.2, 0.25) is 5.95 Å². The van der Waals surface area contributed by atoms with Crippen molar-refractivity contribution in [3.63, 3.8) is 0 Å². The van der Waals surface area contributed by atoms with Crippen LogP contribution in [0.3, 0.4) is 0 Å². The van der Waals surface area contributed by atoms with Gasteiger partial charge in [0.15, 0.2) is 0 Å². The van der Waals surface area contributed by atoms with Gasteiger partial charge < -0.3 is 10.4 Å². The van der Waals surface area contributed by atoms with E-state index in [2.05, 4.69) is 15.3 Å². The number of aromatic nitrogens is 2. The van der Waals surface area contributed by atoms with Gasteiger partial charge in [-0.25, -0.2) is 14.8 Å². The molecule has 0 atom stereocenters. The van der Waals surface area contributed by atoms with E-state index in [1.807, 2.05) is 0 Å². The molecule has 1 aromatic rings. The Morgan fingerprint density at radius 1 is 1.43 bits per heavy atom. The SMILES string of the molecule is O=C(O)C1(Nc2ncccn2)CCC1. The molecule has 1 fully saturated rings. The van der Waals surface area contributed by atoms with Crippen LogP contribution in [0.4, 0.5) is 5.95 Å². The van der Waals surface area contributed by atoms with E-state index in [-0.39, 0.29) is 0 Å². The molecule has 5 nitrogen and oxygen atoms in total. The monoisotopic (exact) mass is 193 g/mol. The number of hydrogen-bond acceptors (Lipinski definition) is 4. The molecule has 5 heteroatoms. The number of nitrogens with one attached hydrogen (secondary N) is 1. The first-order valence-electron chi connectivity index (χ1n) is 4.52. The van der Waals surface area contributed by atoms with E-state index >= 15 is 0 Å². The molecule has 1 aliphatic rings. The molecule has 0 bridgehead atoms. The molecule has 0 aliphatic heterocycles. The Kier molecular flexibility index (Phi) is 2.07. The zero-order chi connectivity index (χ0) is 10.0. The summed E-state index contributed by atoms with van der Waals surface area (Å²) in [7, 11) is 0. The molecule has 2 N–H and O–H groups in total. The first-order chi connectivity index (χ1) is 6.73. The predicted molar refractivity (Wildman–Crippen MR) is 49.9 cm³/mol. The summed E-state index contributed by atoms with van der Waals surface area (Å²) in [5, 5.41) is 11.9. The van der Waals surface area contributed by atoms with Gasteiger partial charge in [-0.2, -0.15) is 0 Å². The quantitative estimate of drug-likeness (QED) is 0.745. The van der Waals surface area contributed by atoms with Gasteiger partial charge in [0.1, 0.15) is 5.54 Å². The van der Waals surface area contributed by atoms with Crippen LogP contribution >= 0.6 is 0 Å². The number of carboxylic acid groups (broad SMARTS) is 1. The molecular weight excluding hydrogens is 182 g/mol. The second kappa shape index (κ2) is 3.25. The standard InChI is InChI=1S/C9H11N3O2/c13-7(14)9(3-1-4-9)12-8-10-5-2-6-11-8/h2,5-6H,1,3-4H2,(H,13,14)(H,10,11,12). The highest BCUT2D eigenvalue weighted by Crippen LogP contribution is 2.34. The van der Waals surface area contributed by atoms with Gasteiger partial charge in [0.05, 0.1) is 0 Å². The fourth-order valence-electron chi connectivity index (χ4n) is 1.50. The van der Waals surface area contributed by atoms with E-state index in [1.165, 1.54) is 0 Å². The molecule has 0 aromatic carbocycles. The number of aliphatic carboxylic acids is 1. The second-order valence-corrected chi connectivity index (χ2v) is 3.44. The van der Waals surface area contributed by atoms with E-state index in [9.17, 15) is 4.79 Å². The molecule has 0 saturated heterocycles. The smallest absolute Gasteiger partial charge is 0.329 e. The van der Waals surface area contributed by atoms with Crippen molar-refractivity contribution in [2.24, 2.45) is 0 Å². The summed E-state index contributed by atoms with van der Waals surface area (Å²) in [6.45, 7) is 0. The molecule has 0 spiro atoms. The summed E-state index contributed by atoms with van der Waals surface area (Å²) in [6, 6.07) is 1.69. The molecule has 1 aliphatic carbocycles. The summed E-state index contributed by atoms with van der Waals surface area (Å²) in [4.78, 5) is 18.9. The summed E-state index contributed by atoms with van der Waals surface area (Å²) >= 11 is 0. The molecular formula is C9H11N3O2. The highest BCUT2D eigenvalue weighted by molar-refractivity contribution is 5.83. The topological polar surface area (TPSA) is 75.1 Å². The van der Waals surface area contributed by atoms with Crippen LogP contribution in [-0.4, -0.2) is 26.6 Å². The maximum atomic E-state index is 11.0. The lowest BCUT2D eigenvalue weighted by molar-refractivity contribution is -0.145. The fourth-order valence-corrected chi connectivity index (χ4v) is 1.50. The highest BCUT2D eigenvalue weighted by Gasteiger charge is 2.44. The van der Waals surface area contributed by atoms with Gasteiger partial charge in [-0.3, -0.25) is 0 Å². The number of anilines is 1. The van der Waals surface area contributed by atoms with Crippen molar-refractivity contribution in [2.45, 2.75) is 24.8 Å². The van der Waals surface area contributed by atoms with E-state index in [0.29, 0.717) is 18.8 Å². The Morgan fingerprint density at radius 3 is 2.50 bits per heavy atom. The molecule has 1 saturated carbocycles. The van der Waals surface area contributed by atoms with Crippen molar-refractivity contribution in [3.05, 3.63) is 18.5 Å².